The van der Waals surface area contributed by atoms with Crippen LogP contribution in [-0.2, 0) is 18.4 Å². The van der Waals surface area contributed by atoms with Crippen LogP contribution in [0.2, 0.25) is 0 Å². The zero-order chi connectivity index (χ0) is 23.1. The standard InChI is InChI=1S/C26H29N3O3/c1-26(2,3)21-8-5-7-20(16-21)25(31)29-13-10-18-6-4-9-22(14-18)32-17-19-11-12-28-23(15-19)24(27)30/h4-9,11-12,14-16H,10,13,17H2,1-3H3,(H2,27,30)(H,29,31). The first-order chi connectivity index (χ1) is 15.2. The maximum Gasteiger partial charge on any atom is 0.267 e. The normalized spacial score (nSPS) is 11.1. The van der Waals surface area contributed by atoms with Gasteiger partial charge in [-0.3, -0.25) is 14.6 Å². The molecule has 0 fully saturated rings. The highest BCUT2D eigenvalue weighted by Gasteiger charge is 2.15. The van der Waals surface area contributed by atoms with E-state index in [0.29, 0.717) is 30.9 Å². The summed E-state index contributed by atoms with van der Waals surface area (Å²) < 4.78 is 5.84. The summed E-state index contributed by atoms with van der Waals surface area (Å²) in [7, 11) is 0. The predicted octanol–water partition coefficient (Wildman–Crippen LogP) is 4.03. The second-order valence-corrected chi connectivity index (χ2v) is 8.69. The molecule has 3 rings (SSSR count). The third-order valence-corrected chi connectivity index (χ3v) is 5.07. The molecule has 0 aliphatic rings. The lowest BCUT2D eigenvalue weighted by Gasteiger charge is -2.19. The molecule has 0 radical (unpaired) electrons. The van der Waals surface area contributed by atoms with Gasteiger partial charge in [0.25, 0.3) is 11.8 Å². The molecule has 0 aliphatic carbocycles. The van der Waals surface area contributed by atoms with E-state index in [9.17, 15) is 9.59 Å². The van der Waals surface area contributed by atoms with Gasteiger partial charge in [0, 0.05) is 18.3 Å². The number of nitrogens with two attached hydrogens (primary N) is 1. The van der Waals surface area contributed by atoms with Crippen LogP contribution in [0.25, 0.3) is 0 Å². The average molecular weight is 432 g/mol. The molecule has 166 valence electrons. The van der Waals surface area contributed by atoms with Crippen molar-refractivity contribution in [2.45, 2.75) is 39.2 Å². The first-order valence-electron chi connectivity index (χ1n) is 10.6. The lowest BCUT2D eigenvalue weighted by molar-refractivity contribution is 0.0952. The summed E-state index contributed by atoms with van der Waals surface area (Å²) in [5.41, 5.74) is 9.14. The number of hydrogen-bond donors (Lipinski definition) is 2. The number of nitrogens with zero attached hydrogens (tertiary/aromatic N) is 1. The van der Waals surface area contributed by atoms with Gasteiger partial charge in [0.2, 0.25) is 0 Å². The Balaban J connectivity index is 1.53. The molecule has 6 nitrogen and oxygen atoms in total. The summed E-state index contributed by atoms with van der Waals surface area (Å²) >= 11 is 0. The maximum absolute atomic E-state index is 12.5. The van der Waals surface area contributed by atoms with Gasteiger partial charge in [0.1, 0.15) is 18.1 Å². The third-order valence-electron chi connectivity index (χ3n) is 5.07. The van der Waals surface area contributed by atoms with Crippen LogP contribution in [0.3, 0.4) is 0 Å². The molecular weight excluding hydrogens is 402 g/mol. The highest BCUT2D eigenvalue weighted by Crippen LogP contribution is 2.22. The monoisotopic (exact) mass is 431 g/mol. The molecule has 0 saturated carbocycles. The fraction of sp³-hybridized carbons (Fsp3) is 0.269. The number of benzene rings is 2. The SMILES string of the molecule is CC(C)(C)c1cccc(C(=O)NCCc2cccc(OCc3ccnc(C(N)=O)c3)c2)c1. The van der Waals surface area contributed by atoms with Crippen LogP contribution in [0.5, 0.6) is 5.75 Å². The van der Waals surface area contributed by atoms with Gasteiger partial charge in [0.15, 0.2) is 0 Å². The minimum absolute atomic E-state index is 0.00555. The number of nitrogens with one attached hydrogen (secondary N) is 1. The van der Waals surface area contributed by atoms with Crippen molar-refractivity contribution in [3.05, 3.63) is 94.8 Å². The fourth-order valence-electron chi connectivity index (χ4n) is 3.21. The number of aromatic nitrogens is 1. The van der Waals surface area contributed by atoms with Crippen LogP contribution in [0, 0.1) is 0 Å². The lowest BCUT2D eigenvalue weighted by Crippen LogP contribution is -2.26. The van der Waals surface area contributed by atoms with Gasteiger partial charge >= 0.3 is 0 Å². The summed E-state index contributed by atoms with van der Waals surface area (Å²) in [4.78, 5) is 27.7. The zero-order valence-electron chi connectivity index (χ0n) is 18.7. The Morgan fingerprint density at radius 1 is 1.00 bits per heavy atom. The van der Waals surface area contributed by atoms with Gasteiger partial charge < -0.3 is 15.8 Å². The van der Waals surface area contributed by atoms with E-state index in [1.165, 1.54) is 6.20 Å². The molecule has 3 N–H and O–H groups in total. The van der Waals surface area contributed by atoms with E-state index >= 15 is 0 Å². The van der Waals surface area contributed by atoms with E-state index < -0.39 is 5.91 Å². The number of carbonyl (C=O) groups excluding carboxylic acids is 2. The first kappa shape index (κ1) is 23.0. The van der Waals surface area contributed by atoms with Gasteiger partial charge in [-0.25, -0.2) is 0 Å². The fourth-order valence-corrected chi connectivity index (χ4v) is 3.21. The molecule has 3 aromatic rings. The van der Waals surface area contributed by atoms with Crippen LogP contribution < -0.4 is 15.8 Å². The largest absolute Gasteiger partial charge is 0.489 e. The van der Waals surface area contributed by atoms with Crippen molar-refractivity contribution < 1.29 is 14.3 Å². The molecule has 0 saturated heterocycles. The molecule has 1 heterocycles. The molecule has 0 bridgehead atoms. The molecule has 32 heavy (non-hydrogen) atoms. The highest BCUT2D eigenvalue weighted by molar-refractivity contribution is 5.94. The highest BCUT2D eigenvalue weighted by atomic mass is 16.5. The Kier molecular flexibility index (Phi) is 7.25. The van der Waals surface area contributed by atoms with Crippen molar-refractivity contribution in [2.24, 2.45) is 5.73 Å². The van der Waals surface area contributed by atoms with Crippen LogP contribution >= 0.6 is 0 Å². The second kappa shape index (κ2) is 10.1. The Morgan fingerprint density at radius 3 is 2.53 bits per heavy atom. The number of amides is 2. The topological polar surface area (TPSA) is 94.3 Å². The molecule has 2 aromatic carbocycles. The first-order valence-corrected chi connectivity index (χ1v) is 10.6. The Hall–Kier alpha value is -3.67. The van der Waals surface area contributed by atoms with Gasteiger partial charge in [-0.2, -0.15) is 0 Å². The molecular formula is C26H29N3O3. The summed E-state index contributed by atoms with van der Waals surface area (Å²) in [6, 6.07) is 18.9. The van der Waals surface area contributed by atoms with Crippen LogP contribution in [-0.4, -0.2) is 23.3 Å². The molecule has 0 unspecified atom stereocenters. The Bertz CT molecular complexity index is 1100. The number of primary amides is 1. The van der Waals surface area contributed by atoms with Gasteiger partial charge in [-0.15, -0.1) is 0 Å². The summed E-state index contributed by atoms with van der Waals surface area (Å²) in [6.45, 7) is 7.21. The van der Waals surface area contributed by atoms with E-state index in [1.54, 1.807) is 12.1 Å². The van der Waals surface area contributed by atoms with Crippen LogP contribution in [0.1, 0.15) is 58.3 Å². The van der Waals surface area contributed by atoms with Crippen molar-refractivity contribution in [3.63, 3.8) is 0 Å². The molecule has 0 spiro atoms. The van der Waals surface area contributed by atoms with E-state index in [4.69, 9.17) is 10.5 Å². The van der Waals surface area contributed by atoms with Crippen molar-refractivity contribution in [1.29, 1.82) is 0 Å². The molecule has 2 amide bonds. The van der Waals surface area contributed by atoms with Crippen LogP contribution in [0.4, 0.5) is 0 Å². The zero-order valence-corrected chi connectivity index (χ0v) is 18.7. The van der Waals surface area contributed by atoms with Crippen molar-refractivity contribution >= 4 is 11.8 Å². The second-order valence-electron chi connectivity index (χ2n) is 8.69. The lowest BCUT2D eigenvalue weighted by atomic mass is 9.86. The molecule has 1 aromatic heterocycles. The number of hydrogen-bond acceptors (Lipinski definition) is 4. The van der Waals surface area contributed by atoms with Crippen molar-refractivity contribution in [3.8, 4) is 5.75 Å². The Morgan fingerprint density at radius 2 is 1.78 bits per heavy atom. The minimum Gasteiger partial charge on any atom is -0.489 e. The number of carbonyl (C=O) groups is 2. The van der Waals surface area contributed by atoms with E-state index in [1.807, 2.05) is 48.5 Å². The Labute approximate surface area is 188 Å². The van der Waals surface area contributed by atoms with Gasteiger partial charge in [-0.1, -0.05) is 45.0 Å². The minimum atomic E-state index is -0.568. The molecule has 6 heteroatoms. The maximum atomic E-state index is 12.5. The van der Waals surface area contributed by atoms with E-state index in [2.05, 4.69) is 31.1 Å². The summed E-state index contributed by atoms with van der Waals surface area (Å²) in [5, 5.41) is 2.99. The average Bonchev–Trinajstić information content (AvgIpc) is 2.77. The summed E-state index contributed by atoms with van der Waals surface area (Å²) in [5.74, 6) is 0.0663. The van der Waals surface area contributed by atoms with Crippen molar-refractivity contribution in [2.75, 3.05) is 6.54 Å². The molecule has 0 aliphatic heterocycles. The third kappa shape index (κ3) is 6.41. The number of ether oxygens (including phenoxy) is 1. The number of rotatable bonds is 8. The summed E-state index contributed by atoms with van der Waals surface area (Å²) in [6.07, 6.45) is 2.22. The van der Waals surface area contributed by atoms with Crippen LogP contribution in [0.15, 0.2) is 66.9 Å². The molecule has 0 atom stereocenters. The van der Waals surface area contributed by atoms with E-state index in [-0.39, 0.29) is 17.0 Å². The smallest absolute Gasteiger partial charge is 0.267 e. The van der Waals surface area contributed by atoms with E-state index in [0.717, 1.165) is 16.7 Å². The van der Waals surface area contributed by atoms with Gasteiger partial charge in [-0.05, 0) is 64.9 Å². The quantitative estimate of drug-likeness (QED) is 0.563. The van der Waals surface area contributed by atoms with Crippen molar-refractivity contribution in [1.82, 2.24) is 10.3 Å². The van der Waals surface area contributed by atoms with Gasteiger partial charge in [0.05, 0.1) is 0 Å². The predicted molar refractivity (Wildman–Crippen MR) is 125 cm³/mol. The number of pyridine rings is 1.